The van der Waals surface area contributed by atoms with Crippen LogP contribution < -0.4 is 4.74 Å². The zero-order valence-corrected chi connectivity index (χ0v) is 9.93. The lowest BCUT2D eigenvalue weighted by molar-refractivity contribution is 0.0787. The Morgan fingerprint density at radius 3 is 2.50 bits per heavy atom. The minimum absolute atomic E-state index is 0.0337. The summed E-state index contributed by atoms with van der Waals surface area (Å²) in [5.41, 5.74) is 1.17. The Balaban J connectivity index is 2.36. The molecule has 2 rings (SSSR count). The molecule has 0 saturated heterocycles. The minimum Gasteiger partial charge on any atom is -0.496 e. The summed E-state index contributed by atoms with van der Waals surface area (Å²) in [6.07, 6.45) is 2.21. The molecule has 0 unspecified atom stereocenters. The Bertz CT molecular complexity index is 345. The molecule has 1 saturated carbocycles. The fourth-order valence-electron chi connectivity index (χ4n) is 1.67. The van der Waals surface area contributed by atoms with Crippen LogP contribution in [0.1, 0.15) is 18.4 Å². The fourth-order valence-corrected chi connectivity index (χ4v) is 2.08. The number of hydrogen-bond donors (Lipinski definition) is 0. The molecule has 0 spiro atoms. The van der Waals surface area contributed by atoms with E-state index in [4.69, 9.17) is 9.47 Å². The van der Waals surface area contributed by atoms with Gasteiger partial charge in [-0.3, -0.25) is 0 Å². The molecule has 1 aromatic carbocycles. The summed E-state index contributed by atoms with van der Waals surface area (Å²) in [6, 6.07) is 6.14. The van der Waals surface area contributed by atoms with E-state index in [1.165, 1.54) is 5.56 Å². The van der Waals surface area contributed by atoms with Crippen LogP contribution in [0.5, 0.6) is 5.75 Å². The van der Waals surface area contributed by atoms with E-state index in [0.717, 1.165) is 23.1 Å². The molecular weight excluding hydrogens is 244 g/mol. The standard InChI is InChI=1S/C11H13BrO2/c1-13-10-7-8(3-4-9(10)12)11(14-2)5-6-11/h3-4,7H,5-6H2,1-2H3. The van der Waals surface area contributed by atoms with Crippen LogP contribution in [0, 0.1) is 0 Å². The predicted molar refractivity (Wildman–Crippen MR) is 58.6 cm³/mol. The van der Waals surface area contributed by atoms with Gasteiger partial charge in [-0.25, -0.2) is 0 Å². The number of ether oxygens (including phenoxy) is 2. The van der Waals surface area contributed by atoms with Gasteiger partial charge >= 0.3 is 0 Å². The molecule has 1 fully saturated rings. The number of benzene rings is 1. The molecule has 0 radical (unpaired) electrons. The fraction of sp³-hybridized carbons (Fsp3) is 0.455. The smallest absolute Gasteiger partial charge is 0.133 e. The van der Waals surface area contributed by atoms with Crippen LogP contribution in [0.25, 0.3) is 0 Å². The van der Waals surface area contributed by atoms with Crippen molar-refractivity contribution in [3.63, 3.8) is 0 Å². The topological polar surface area (TPSA) is 18.5 Å². The Hall–Kier alpha value is -0.540. The molecule has 1 aliphatic rings. The van der Waals surface area contributed by atoms with Crippen molar-refractivity contribution in [2.75, 3.05) is 14.2 Å². The van der Waals surface area contributed by atoms with Crippen molar-refractivity contribution in [1.29, 1.82) is 0 Å². The van der Waals surface area contributed by atoms with Gasteiger partial charge in [-0.15, -0.1) is 0 Å². The maximum absolute atomic E-state index is 5.50. The molecule has 0 amide bonds. The molecule has 0 aromatic heterocycles. The van der Waals surface area contributed by atoms with E-state index in [0.29, 0.717) is 0 Å². The molecule has 3 heteroatoms. The molecule has 76 valence electrons. The molecule has 0 atom stereocenters. The van der Waals surface area contributed by atoms with Crippen LogP contribution in [-0.2, 0) is 10.3 Å². The molecule has 0 heterocycles. The van der Waals surface area contributed by atoms with Gasteiger partial charge in [-0.2, -0.15) is 0 Å². The Morgan fingerprint density at radius 2 is 2.00 bits per heavy atom. The molecule has 0 aliphatic heterocycles. The Morgan fingerprint density at radius 1 is 1.29 bits per heavy atom. The van der Waals surface area contributed by atoms with Gasteiger partial charge in [0, 0.05) is 7.11 Å². The maximum Gasteiger partial charge on any atom is 0.133 e. The first kappa shape index (κ1) is 9.99. The number of rotatable bonds is 3. The van der Waals surface area contributed by atoms with Crippen molar-refractivity contribution in [3.05, 3.63) is 28.2 Å². The van der Waals surface area contributed by atoms with E-state index in [1.54, 1.807) is 14.2 Å². The zero-order chi connectivity index (χ0) is 10.2. The summed E-state index contributed by atoms with van der Waals surface area (Å²) in [5.74, 6) is 0.867. The van der Waals surface area contributed by atoms with E-state index < -0.39 is 0 Å². The van der Waals surface area contributed by atoms with Gasteiger partial charge in [-0.1, -0.05) is 6.07 Å². The zero-order valence-electron chi connectivity index (χ0n) is 8.34. The van der Waals surface area contributed by atoms with Gasteiger partial charge in [-0.05, 0) is 46.5 Å². The highest BCUT2D eigenvalue weighted by molar-refractivity contribution is 9.10. The monoisotopic (exact) mass is 256 g/mol. The third-order valence-corrected chi connectivity index (χ3v) is 3.43. The van der Waals surface area contributed by atoms with E-state index in [-0.39, 0.29) is 5.60 Å². The third-order valence-electron chi connectivity index (χ3n) is 2.77. The maximum atomic E-state index is 5.50. The van der Waals surface area contributed by atoms with E-state index >= 15 is 0 Å². The molecule has 1 aliphatic carbocycles. The van der Waals surface area contributed by atoms with Crippen LogP contribution in [0.15, 0.2) is 22.7 Å². The van der Waals surface area contributed by atoms with Crippen LogP contribution in [0.4, 0.5) is 0 Å². The predicted octanol–water partition coefficient (Wildman–Crippen LogP) is 3.09. The summed E-state index contributed by atoms with van der Waals surface area (Å²) < 4.78 is 11.7. The van der Waals surface area contributed by atoms with E-state index in [1.807, 2.05) is 12.1 Å². The average molecular weight is 257 g/mol. The number of methoxy groups -OCH3 is 2. The summed E-state index contributed by atoms with van der Waals surface area (Å²) in [4.78, 5) is 0. The number of halogens is 1. The van der Waals surface area contributed by atoms with Crippen molar-refractivity contribution in [2.45, 2.75) is 18.4 Å². The second kappa shape index (κ2) is 3.55. The molecule has 1 aromatic rings. The SMILES string of the molecule is COc1cc(C2(OC)CC2)ccc1Br. The van der Waals surface area contributed by atoms with E-state index in [9.17, 15) is 0 Å². The normalized spacial score (nSPS) is 17.9. The van der Waals surface area contributed by atoms with Gasteiger partial charge < -0.3 is 9.47 Å². The summed E-state index contributed by atoms with van der Waals surface area (Å²) in [6.45, 7) is 0. The molecule has 14 heavy (non-hydrogen) atoms. The second-order valence-electron chi connectivity index (χ2n) is 3.55. The van der Waals surface area contributed by atoms with Crippen molar-refractivity contribution in [1.82, 2.24) is 0 Å². The average Bonchev–Trinajstić information content (AvgIpc) is 2.99. The van der Waals surface area contributed by atoms with Crippen molar-refractivity contribution in [3.8, 4) is 5.75 Å². The van der Waals surface area contributed by atoms with Gasteiger partial charge in [0.15, 0.2) is 0 Å². The highest BCUT2D eigenvalue weighted by Crippen LogP contribution is 2.49. The van der Waals surface area contributed by atoms with Gasteiger partial charge in [0.1, 0.15) is 5.75 Å². The van der Waals surface area contributed by atoms with Crippen LogP contribution in [-0.4, -0.2) is 14.2 Å². The van der Waals surface area contributed by atoms with Gasteiger partial charge in [0.2, 0.25) is 0 Å². The van der Waals surface area contributed by atoms with Gasteiger partial charge in [0.25, 0.3) is 0 Å². The molecule has 0 N–H and O–H groups in total. The highest BCUT2D eigenvalue weighted by atomic mass is 79.9. The summed E-state index contributed by atoms with van der Waals surface area (Å²) in [5, 5.41) is 0. The Kier molecular flexibility index (Phi) is 2.54. The summed E-state index contributed by atoms with van der Waals surface area (Å²) in [7, 11) is 3.44. The summed E-state index contributed by atoms with van der Waals surface area (Å²) >= 11 is 3.43. The third kappa shape index (κ3) is 1.55. The van der Waals surface area contributed by atoms with Crippen LogP contribution in [0.3, 0.4) is 0 Å². The minimum atomic E-state index is -0.0337. The quantitative estimate of drug-likeness (QED) is 0.828. The van der Waals surface area contributed by atoms with Crippen molar-refractivity contribution >= 4 is 15.9 Å². The number of hydrogen-bond acceptors (Lipinski definition) is 2. The first-order valence-corrected chi connectivity index (χ1v) is 5.40. The molecular formula is C11H13BrO2. The highest BCUT2D eigenvalue weighted by Gasteiger charge is 2.44. The second-order valence-corrected chi connectivity index (χ2v) is 4.40. The lowest BCUT2D eigenvalue weighted by Gasteiger charge is -2.15. The largest absolute Gasteiger partial charge is 0.496 e. The lowest BCUT2D eigenvalue weighted by atomic mass is 10.1. The first-order valence-electron chi connectivity index (χ1n) is 4.61. The molecule has 0 bridgehead atoms. The van der Waals surface area contributed by atoms with Crippen LogP contribution in [0.2, 0.25) is 0 Å². The van der Waals surface area contributed by atoms with Crippen molar-refractivity contribution < 1.29 is 9.47 Å². The van der Waals surface area contributed by atoms with Crippen molar-refractivity contribution in [2.24, 2.45) is 0 Å². The molecule has 2 nitrogen and oxygen atoms in total. The van der Waals surface area contributed by atoms with E-state index in [2.05, 4.69) is 22.0 Å². The van der Waals surface area contributed by atoms with Gasteiger partial charge in [0.05, 0.1) is 17.2 Å². The van der Waals surface area contributed by atoms with Crippen LogP contribution >= 0.6 is 15.9 Å². The lowest BCUT2D eigenvalue weighted by Crippen LogP contribution is -2.08. The Labute approximate surface area is 92.3 Å². The first-order chi connectivity index (χ1) is 6.72.